The minimum atomic E-state index is -1.02. The van der Waals surface area contributed by atoms with Crippen LogP contribution >= 0.6 is 0 Å². The van der Waals surface area contributed by atoms with Gasteiger partial charge in [0.1, 0.15) is 17.1 Å². The molecule has 164 valence electrons. The fourth-order valence-corrected chi connectivity index (χ4v) is 3.35. The van der Waals surface area contributed by atoms with E-state index in [1.807, 2.05) is 24.3 Å². The lowest BCUT2D eigenvalue weighted by Gasteiger charge is -2.17. The third-order valence-corrected chi connectivity index (χ3v) is 4.98. The fraction of sp³-hybridized carbons (Fsp3) is 0.0800. The quantitative estimate of drug-likeness (QED) is 0.324. The van der Waals surface area contributed by atoms with Gasteiger partial charge in [0.25, 0.3) is 5.91 Å². The van der Waals surface area contributed by atoms with Crippen LogP contribution in [0.15, 0.2) is 95.3 Å². The molecule has 3 aromatic carbocycles. The van der Waals surface area contributed by atoms with Crippen molar-refractivity contribution in [3.63, 3.8) is 0 Å². The molecule has 1 heterocycles. The SMILES string of the molecule is COC(=O)[C@@H](NC(=O)c1ncccc1N=Nc1c(O)ccc2ccccc12)c1ccccc1. The van der Waals surface area contributed by atoms with Crippen molar-refractivity contribution >= 4 is 34.0 Å². The highest BCUT2D eigenvalue weighted by atomic mass is 16.5. The maximum absolute atomic E-state index is 13.0. The van der Waals surface area contributed by atoms with Gasteiger partial charge in [-0.25, -0.2) is 9.78 Å². The van der Waals surface area contributed by atoms with E-state index in [1.165, 1.54) is 19.4 Å². The summed E-state index contributed by atoms with van der Waals surface area (Å²) in [4.78, 5) is 29.5. The third-order valence-electron chi connectivity index (χ3n) is 4.98. The van der Waals surface area contributed by atoms with Gasteiger partial charge in [0.05, 0.1) is 7.11 Å². The maximum Gasteiger partial charge on any atom is 0.333 e. The smallest absolute Gasteiger partial charge is 0.333 e. The first-order chi connectivity index (χ1) is 16.1. The second kappa shape index (κ2) is 9.69. The number of hydrogen-bond donors (Lipinski definition) is 2. The number of amides is 1. The Morgan fingerprint density at radius 1 is 0.939 bits per heavy atom. The predicted molar refractivity (Wildman–Crippen MR) is 123 cm³/mol. The summed E-state index contributed by atoms with van der Waals surface area (Å²) in [5.74, 6) is -1.28. The molecule has 0 radical (unpaired) electrons. The number of aromatic nitrogens is 1. The number of fused-ring (bicyclic) bond motifs is 1. The van der Waals surface area contributed by atoms with Crippen LogP contribution in [-0.4, -0.2) is 29.1 Å². The first kappa shape index (κ1) is 21.6. The molecule has 4 rings (SSSR count). The van der Waals surface area contributed by atoms with E-state index in [9.17, 15) is 14.7 Å². The number of phenols is 1. The van der Waals surface area contributed by atoms with Crippen molar-refractivity contribution in [2.24, 2.45) is 10.2 Å². The van der Waals surface area contributed by atoms with Crippen molar-refractivity contribution in [2.45, 2.75) is 6.04 Å². The Kier molecular flexibility index (Phi) is 6.36. The van der Waals surface area contributed by atoms with Gasteiger partial charge in [0.2, 0.25) is 0 Å². The molecule has 0 aliphatic carbocycles. The molecule has 0 bridgehead atoms. The summed E-state index contributed by atoms with van der Waals surface area (Å²) < 4.78 is 4.85. The molecule has 0 spiro atoms. The highest BCUT2D eigenvalue weighted by Gasteiger charge is 2.25. The van der Waals surface area contributed by atoms with E-state index in [4.69, 9.17) is 4.74 Å². The molecular formula is C25H20N4O4. The van der Waals surface area contributed by atoms with Gasteiger partial charge >= 0.3 is 5.97 Å². The number of phenolic OH excluding ortho intramolecular Hbond substituents is 1. The third kappa shape index (κ3) is 4.69. The lowest BCUT2D eigenvalue weighted by Crippen LogP contribution is -2.35. The van der Waals surface area contributed by atoms with E-state index in [0.717, 1.165) is 5.39 Å². The average Bonchev–Trinajstić information content (AvgIpc) is 2.86. The number of benzene rings is 3. The zero-order valence-electron chi connectivity index (χ0n) is 17.7. The number of carbonyl (C=O) groups excluding carboxylic acids is 2. The van der Waals surface area contributed by atoms with E-state index >= 15 is 0 Å². The molecule has 4 aromatic rings. The van der Waals surface area contributed by atoms with Gasteiger partial charge in [-0.2, -0.15) is 0 Å². The van der Waals surface area contributed by atoms with Gasteiger partial charge < -0.3 is 15.2 Å². The van der Waals surface area contributed by atoms with Crippen molar-refractivity contribution in [1.82, 2.24) is 10.3 Å². The fourth-order valence-electron chi connectivity index (χ4n) is 3.35. The standard InChI is InChI=1S/C25H20N4O4/c1-33-25(32)21(17-9-3-2-4-10-17)27-24(31)23-19(12-7-15-26-23)28-29-22-18-11-6-5-8-16(18)13-14-20(22)30/h2-15,21,30H,1H3,(H,27,31)/t21-/m0/s1. The first-order valence-corrected chi connectivity index (χ1v) is 10.1. The van der Waals surface area contributed by atoms with Gasteiger partial charge in [-0.3, -0.25) is 4.79 Å². The molecule has 2 N–H and O–H groups in total. The first-order valence-electron chi connectivity index (χ1n) is 10.1. The Hall–Kier alpha value is -4.59. The van der Waals surface area contributed by atoms with Gasteiger partial charge in [0, 0.05) is 11.6 Å². The molecule has 0 saturated carbocycles. The largest absolute Gasteiger partial charge is 0.506 e. The normalized spacial score (nSPS) is 11.9. The van der Waals surface area contributed by atoms with Crippen LogP contribution in [0, 0.1) is 0 Å². The average molecular weight is 440 g/mol. The summed E-state index contributed by atoms with van der Waals surface area (Å²) >= 11 is 0. The van der Waals surface area contributed by atoms with Crippen LogP contribution in [-0.2, 0) is 9.53 Å². The molecule has 33 heavy (non-hydrogen) atoms. The number of rotatable bonds is 6. The molecule has 1 aromatic heterocycles. The molecule has 0 aliphatic rings. The zero-order chi connectivity index (χ0) is 23.2. The van der Waals surface area contributed by atoms with Crippen molar-refractivity contribution in [1.29, 1.82) is 0 Å². The van der Waals surface area contributed by atoms with Gasteiger partial charge in [-0.1, -0.05) is 60.7 Å². The number of ether oxygens (including phenoxy) is 1. The second-order valence-corrected chi connectivity index (χ2v) is 7.07. The topological polar surface area (TPSA) is 113 Å². The van der Waals surface area contributed by atoms with Gasteiger partial charge in [0.15, 0.2) is 11.7 Å². The lowest BCUT2D eigenvalue weighted by molar-refractivity contribution is -0.143. The minimum Gasteiger partial charge on any atom is -0.506 e. The molecule has 1 atom stereocenters. The number of pyridine rings is 1. The van der Waals surface area contributed by atoms with Gasteiger partial charge in [-0.15, -0.1) is 10.2 Å². The molecule has 0 aliphatic heterocycles. The number of hydrogen-bond acceptors (Lipinski definition) is 7. The summed E-state index contributed by atoms with van der Waals surface area (Å²) in [6.45, 7) is 0. The molecule has 0 unspecified atom stereocenters. The number of nitrogens with zero attached hydrogens (tertiary/aromatic N) is 3. The number of carbonyl (C=O) groups is 2. The predicted octanol–water partition coefficient (Wildman–Crippen LogP) is 5.00. The summed E-state index contributed by atoms with van der Waals surface area (Å²) in [6.07, 6.45) is 1.44. The molecule has 0 fully saturated rings. The summed E-state index contributed by atoms with van der Waals surface area (Å²) in [7, 11) is 1.25. The van der Waals surface area contributed by atoms with Crippen molar-refractivity contribution in [3.8, 4) is 5.75 Å². The molecular weight excluding hydrogens is 420 g/mol. The summed E-state index contributed by atoms with van der Waals surface area (Å²) in [5, 5.41) is 22.9. The number of esters is 1. The van der Waals surface area contributed by atoms with Crippen molar-refractivity contribution < 1.29 is 19.4 Å². The second-order valence-electron chi connectivity index (χ2n) is 7.07. The Bertz CT molecular complexity index is 1340. The van der Waals surface area contributed by atoms with Crippen LogP contribution in [0.1, 0.15) is 22.1 Å². The lowest BCUT2D eigenvalue weighted by atomic mass is 10.1. The van der Waals surface area contributed by atoms with Crippen LogP contribution in [0.5, 0.6) is 5.75 Å². The van der Waals surface area contributed by atoms with Crippen LogP contribution in [0.2, 0.25) is 0 Å². The van der Waals surface area contributed by atoms with E-state index in [-0.39, 0.29) is 22.8 Å². The maximum atomic E-state index is 13.0. The monoisotopic (exact) mass is 440 g/mol. The number of azo groups is 1. The summed E-state index contributed by atoms with van der Waals surface area (Å²) in [5.41, 5.74) is 1.00. The van der Waals surface area contributed by atoms with Crippen LogP contribution in [0.25, 0.3) is 10.8 Å². The Morgan fingerprint density at radius 2 is 1.70 bits per heavy atom. The van der Waals surface area contributed by atoms with E-state index in [0.29, 0.717) is 10.9 Å². The van der Waals surface area contributed by atoms with E-state index in [1.54, 1.807) is 48.5 Å². The van der Waals surface area contributed by atoms with Gasteiger partial charge in [-0.05, 0) is 29.1 Å². The Balaban J connectivity index is 1.66. The van der Waals surface area contributed by atoms with Crippen molar-refractivity contribution in [2.75, 3.05) is 7.11 Å². The molecule has 8 nitrogen and oxygen atoms in total. The Morgan fingerprint density at radius 3 is 2.48 bits per heavy atom. The van der Waals surface area contributed by atoms with E-state index in [2.05, 4.69) is 20.5 Å². The van der Waals surface area contributed by atoms with Crippen LogP contribution in [0.4, 0.5) is 11.4 Å². The number of aromatic hydroxyl groups is 1. The molecule has 8 heteroatoms. The molecule has 1 amide bonds. The minimum absolute atomic E-state index is 0.0224. The Labute approximate surface area is 189 Å². The van der Waals surface area contributed by atoms with Crippen LogP contribution in [0.3, 0.4) is 0 Å². The van der Waals surface area contributed by atoms with Crippen LogP contribution < -0.4 is 5.32 Å². The highest BCUT2D eigenvalue weighted by Crippen LogP contribution is 2.36. The summed E-state index contributed by atoms with van der Waals surface area (Å²) in [6, 6.07) is 21.7. The van der Waals surface area contributed by atoms with Crippen molar-refractivity contribution in [3.05, 3.63) is 96.3 Å². The zero-order valence-corrected chi connectivity index (χ0v) is 17.7. The number of nitrogens with one attached hydrogen (secondary N) is 1. The molecule has 0 saturated heterocycles. The highest BCUT2D eigenvalue weighted by molar-refractivity contribution is 5.99. The number of methoxy groups -OCH3 is 1. The van der Waals surface area contributed by atoms with E-state index < -0.39 is 17.9 Å².